The molecule has 0 saturated carbocycles. The number of rotatable bonds is 6. The Bertz CT molecular complexity index is 206. The number of nitrogens with two attached hydrogens (primary N) is 1. The lowest BCUT2D eigenvalue weighted by atomic mass is 9.97. The van der Waals surface area contributed by atoms with Crippen LogP contribution in [0.3, 0.4) is 0 Å². The van der Waals surface area contributed by atoms with Crippen molar-refractivity contribution in [1.82, 2.24) is 4.90 Å². The predicted molar refractivity (Wildman–Crippen MR) is 68.3 cm³/mol. The summed E-state index contributed by atoms with van der Waals surface area (Å²) in [5.74, 6) is 0.854. The summed E-state index contributed by atoms with van der Waals surface area (Å²) in [6, 6.07) is 0.747. The summed E-state index contributed by atoms with van der Waals surface area (Å²) < 4.78 is 0. The summed E-state index contributed by atoms with van der Waals surface area (Å²) in [4.78, 5) is 2.58. The van der Waals surface area contributed by atoms with Crippen LogP contribution in [0.2, 0.25) is 0 Å². The van der Waals surface area contributed by atoms with E-state index in [4.69, 9.17) is 10.8 Å². The van der Waals surface area contributed by atoms with Crippen molar-refractivity contribution in [3.63, 3.8) is 0 Å². The van der Waals surface area contributed by atoms with Crippen molar-refractivity contribution in [1.29, 1.82) is 0 Å². The van der Waals surface area contributed by atoms with E-state index in [9.17, 15) is 0 Å². The van der Waals surface area contributed by atoms with Crippen molar-refractivity contribution in [2.75, 3.05) is 19.7 Å². The topological polar surface area (TPSA) is 49.5 Å². The minimum absolute atomic E-state index is 0.0875. The molecule has 96 valence electrons. The highest BCUT2D eigenvalue weighted by molar-refractivity contribution is 4.81. The Labute approximate surface area is 100 Å². The van der Waals surface area contributed by atoms with Crippen molar-refractivity contribution >= 4 is 0 Å². The molecule has 1 heterocycles. The smallest absolute Gasteiger partial charge is 0.0608 e. The molecule has 1 rings (SSSR count). The van der Waals surface area contributed by atoms with Gasteiger partial charge in [0.1, 0.15) is 0 Å². The zero-order valence-electron chi connectivity index (χ0n) is 11.1. The van der Waals surface area contributed by atoms with Gasteiger partial charge in [-0.2, -0.15) is 0 Å². The summed E-state index contributed by atoms with van der Waals surface area (Å²) in [5.41, 5.74) is 5.51. The van der Waals surface area contributed by atoms with Gasteiger partial charge in [-0.3, -0.25) is 0 Å². The first-order valence-electron chi connectivity index (χ1n) is 6.58. The lowest BCUT2D eigenvalue weighted by Crippen LogP contribution is -2.40. The molecule has 1 fully saturated rings. The Hall–Kier alpha value is -0.120. The monoisotopic (exact) mass is 228 g/mol. The molecule has 3 N–H and O–H groups in total. The average Bonchev–Trinajstić information content (AvgIpc) is 2.52. The Morgan fingerprint density at radius 2 is 2.06 bits per heavy atom. The molecular weight excluding hydrogens is 200 g/mol. The van der Waals surface area contributed by atoms with E-state index in [1.165, 1.54) is 25.9 Å². The first kappa shape index (κ1) is 13.9. The van der Waals surface area contributed by atoms with Crippen molar-refractivity contribution in [2.24, 2.45) is 11.7 Å². The molecular formula is C13H28N2O. The first-order chi connectivity index (χ1) is 7.44. The second-order valence-corrected chi connectivity index (χ2v) is 5.95. The second kappa shape index (κ2) is 5.99. The number of nitrogens with zero attached hydrogens (tertiary/aromatic N) is 1. The van der Waals surface area contributed by atoms with Gasteiger partial charge in [-0.05, 0) is 45.6 Å². The van der Waals surface area contributed by atoms with Crippen LogP contribution in [0.5, 0.6) is 0 Å². The fourth-order valence-electron chi connectivity index (χ4n) is 2.62. The highest BCUT2D eigenvalue weighted by Crippen LogP contribution is 2.22. The van der Waals surface area contributed by atoms with E-state index < -0.39 is 0 Å². The number of aliphatic hydroxyl groups is 1. The van der Waals surface area contributed by atoms with E-state index in [0.29, 0.717) is 0 Å². The molecule has 1 aliphatic rings. The van der Waals surface area contributed by atoms with Crippen LogP contribution in [0.1, 0.15) is 46.5 Å². The van der Waals surface area contributed by atoms with Gasteiger partial charge >= 0.3 is 0 Å². The van der Waals surface area contributed by atoms with Gasteiger partial charge in [0.05, 0.1) is 6.61 Å². The number of unbranched alkanes of at least 4 members (excludes halogenated alkanes) is 1. The van der Waals surface area contributed by atoms with E-state index in [-0.39, 0.29) is 12.1 Å². The van der Waals surface area contributed by atoms with Crippen molar-refractivity contribution in [3.05, 3.63) is 0 Å². The lowest BCUT2D eigenvalue weighted by Gasteiger charge is -2.24. The summed E-state index contributed by atoms with van der Waals surface area (Å²) in [5, 5.41) is 9.05. The summed E-state index contributed by atoms with van der Waals surface area (Å²) in [6.07, 6.45) is 4.57. The Balaban J connectivity index is 2.12. The molecule has 3 heteroatoms. The third-order valence-electron chi connectivity index (χ3n) is 3.72. The van der Waals surface area contributed by atoms with Crippen LogP contribution in [0.15, 0.2) is 0 Å². The molecule has 0 aliphatic carbocycles. The quantitative estimate of drug-likeness (QED) is 0.679. The normalized spacial score (nSPS) is 30.6. The third kappa shape index (κ3) is 4.40. The van der Waals surface area contributed by atoms with Crippen LogP contribution in [0.4, 0.5) is 0 Å². The summed E-state index contributed by atoms with van der Waals surface area (Å²) in [7, 11) is 0. The van der Waals surface area contributed by atoms with Crippen LogP contribution >= 0.6 is 0 Å². The molecule has 0 spiro atoms. The molecule has 3 atom stereocenters. The van der Waals surface area contributed by atoms with Gasteiger partial charge in [0.25, 0.3) is 0 Å². The molecule has 0 aromatic rings. The molecule has 0 radical (unpaired) electrons. The predicted octanol–water partition coefficient (Wildman–Crippen LogP) is 1.60. The maximum absolute atomic E-state index is 9.05. The molecule has 1 saturated heterocycles. The van der Waals surface area contributed by atoms with E-state index >= 15 is 0 Å². The van der Waals surface area contributed by atoms with Gasteiger partial charge in [-0.15, -0.1) is 0 Å². The standard InChI is InChI=1S/C13H28N2O/c1-11-8-12(2)15(9-11)7-5-4-6-13(3,14)10-16/h11-12,16H,4-10,14H2,1-3H3. The van der Waals surface area contributed by atoms with Crippen LogP contribution in [-0.4, -0.2) is 41.3 Å². The van der Waals surface area contributed by atoms with Crippen LogP contribution < -0.4 is 5.73 Å². The molecule has 16 heavy (non-hydrogen) atoms. The molecule has 0 amide bonds. The van der Waals surface area contributed by atoms with Gasteiger partial charge in [0, 0.05) is 18.1 Å². The Morgan fingerprint density at radius 3 is 2.56 bits per heavy atom. The molecule has 3 nitrogen and oxygen atoms in total. The largest absolute Gasteiger partial charge is 0.394 e. The summed E-state index contributed by atoms with van der Waals surface area (Å²) >= 11 is 0. The van der Waals surface area contributed by atoms with Crippen LogP contribution in [0.25, 0.3) is 0 Å². The van der Waals surface area contributed by atoms with E-state index in [1.807, 2.05) is 6.92 Å². The van der Waals surface area contributed by atoms with E-state index in [0.717, 1.165) is 24.8 Å². The SMILES string of the molecule is CC1CC(C)N(CCCCC(C)(N)CO)C1. The molecule has 3 unspecified atom stereocenters. The minimum atomic E-state index is -0.385. The van der Waals surface area contributed by atoms with Crippen LogP contribution in [0, 0.1) is 5.92 Å². The van der Waals surface area contributed by atoms with E-state index in [2.05, 4.69) is 18.7 Å². The van der Waals surface area contributed by atoms with E-state index in [1.54, 1.807) is 0 Å². The lowest BCUT2D eigenvalue weighted by molar-refractivity contribution is 0.193. The maximum atomic E-state index is 9.05. The fourth-order valence-corrected chi connectivity index (χ4v) is 2.62. The number of hydrogen-bond acceptors (Lipinski definition) is 3. The molecule has 0 bridgehead atoms. The minimum Gasteiger partial charge on any atom is -0.394 e. The number of aliphatic hydroxyl groups excluding tert-OH is 1. The van der Waals surface area contributed by atoms with Gasteiger partial charge in [-0.25, -0.2) is 0 Å². The Morgan fingerprint density at radius 1 is 1.38 bits per heavy atom. The number of likely N-dealkylation sites (tertiary alicyclic amines) is 1. The van der Waals surface area contributed by atoms with Gasteiger partial charge in [0.2, 0.25) is 0 Å². The average molecular weight is 228 g/mol. The summed E-state index contributed by atoms with van der Waals surface area (Å²) in [6.45, 7) is 9.11. The number of hydrogen-bond donors (Lipinski definition) is 2. The molecule has 0 aromatic heterocycles. The van der Waals surface area contributed by atoms with Crippen molar-refractivity contribution in [3.8, 4) is 0 Å². The van der Waals surface area contributed by atoms with Gasteiger partial charge in [0.15, 0.2) is 0 Å². The van der Waals surface area contributed by atoms with Gasteiger partial charge < -0.3 is 15.7 Å². The van der Waals surface area contributed by atoms with Crippen molar-refractivity contribution < 1.29 is 5.11 Å². The highest BCUT2D eigenvalue weighted by atomic mass is 16.3. The van der Waals surface area contributed by atoms with Gasteiger partial charge in [-0.1, -0.05) is 13.3 Å². The zero-order valence-corrected chi connectivity index (χ0v) is 11.1. The zero-order chi connectivity index (χ0) is 12.2. The van der Waals surface area contributed by atoms with Crippen LogP contribution in [-0.2, 0) is 0 Å². The third-order valence-corrected chi connectivity index (χ3v) is 3.72. The fraction of sp³-hybridized carbons (Fsp3) is 1.00. The van der Waals surface area contributed by atoms with Crippen molar-refractivity contribution in [2.45, 2.75) is 58.0 Å². The molecule has 1 aliphatic heterocycles. The Kier molecular flexibility index (Phi) is 5.22. The molecule has 0 aromatic carbocycles. The second-order valence-electron chi connectivity index (χ2n) is 5.95. The first-order valence-corrected chi connectivity index (χ1v) is 6.58. The highest BCUT2D eigenvalue weighted by Gasteiger charge is 2.25. The maximum Gasteiger partial charge on any atom is 0.0608 e.